The molecule has 2 aromatic carbocycles. The fourth-order valence-electron chi connectivity index (χ4n) is 2.50. The summed E-state index contributed by atoms with van der Waals surface area (Å²) in [4.78, 5) is 28.4. The second-order valence-corrected chi connectivity index (χ2v) is 5.65. The summed E-state index contributed by atoms with van der Waals surface area (Å²) in [6.45, 7) is 0. The lowest BCUT2D eigenvalue weighted by molar-refractivity contribution is -0.119. The molecule has 6 heteroatoms. The van der Waals surface area contributed by atoms with Gasteiger partial charge in [0.25, 0.3) is 5.91 Å². The first-order chi connectivity index (χ1) is 12.0. The SMILES string of the molecule is NC(=O)[C@@H](Cc1ccc(F)cc1)NC(=O)c1ccc2ccccc2n1. The molecular formula is C19H16FN3O2. The first-order valence-corrected chi connectivity index (χ1v) is 7.73. The van der Waals surface area contributed by atoms with Crippen LogP contribution in [0.5, 0.6) is 0 Å². The fourth-order valence-corrected chi connectivity index (χ4v) is 2.50. The minimum atomic E-state index is -0.911. The summed E-state index contributed by atoms with van der Waals surface area (Å²) >= 11 is 0. The van der Waals surface area contributed by atoms with Crippen molar-refractivity contribution >= 4 is 22.7 Å². The molecule has 3 aromatic rings. The van der Waals surface area contributed by atoms with Crippen LogP contribution < -0.4 is 11.1 Å². The van der Waals surface area contributed by atoms with Crippen molar-refractivity contribution in [2.75, 3.05) is 0 Å². The van der Waals surface area contributed by atoms with Crippen LogP contribution in [0.15, 0.2) is 60.7 Å². The quantitative estimate of drug-likeness (QED) is 0.748. The monoisotopic (exact) mass is 337 g/mol. The van der Waals surface area contributed by atoms with Gasteiger partial charge in [0.15, 0.2) is 0 Å². The normalized spacial score (nSPS) is 11.9. The minimum Gasteiger partial charge on any atom is -0.368 e. The minimum absolute atomic E-state index is 0.176. The predicted octanol–water partition coefficient (Wildman–Crippen LogP) is 2.20. The Morgan fingerprint density at radius 1 is 1.04 bits per heavy atom. The summed E-state index contributed by atoms with van der Waals surface area (Å²) in [6, 6.07) is 15.6. The highest BCUT2D eigenvalue weighted by Crippen LogP contribution is 2.12. The first kappa shape index (κ1) is 16.6. The Balaban J connectivity index is 1.77. The maximum absolute atomic E-state index is 13.0. The number of primary amides is 1. The van der Waals surface area contributed by atoms with E-state index in [4.69, 9.17) is 5.73 Å². The molecule has 0 saturated carbocycles. The predicted molar refractivity (Wildman–Crippen MR) is 92.3 cm³/mol. The molecule has 0 saturated heterocycles. The van der Waals surface area contributed by atoms with E-state index in [0.717, 1.165) is 5.39 Å². The summed E-state index contributed by atoms with van der Waals surface area (Å²) in [5.41, 5.74) is 6.96. The number of para-hydroxylation sites is 1. The third kappa shape index (κ3) is 3.98. The first-order valence-electron chi connectivity index (χ1n) is 7.73. The Labute approximate surface area is 143 Å². The van der Waals surface area contributed by atoms with Gasteiger partial charge in [-0.15, -0.1) is 0 Å². The molecule has 3 rings (SSSR count). The van der Waals surface area contributed by atoms with E-state index in [-0.39, 0.29) is 17.9 Å². The molecule has 1 heterocycles. The lowest BCUT2D eigenvalue weighted by atomic mass is 10.1. The maximum atomic E-state index is 13.0. The molecule has 0 aliphatic heterocycles. The van der Waals surface area contributed by atoms with Crippen molar-refractivity contribution in [3.8, 4) is 0 Å². The number of hydrogen-bond acceptors (Lipinski definition) is 3. The number of aromatic nitrogens is 1. The number of rotatable bonds is 5. The van der Waals surface area contributed by atoms with Gasteiger partial charge >= 0.3 is 0 Å². The molecule has 0 radical (unpaired) electrons. The third-order valence-electron chi connectivity index (χ3n) is 3.83. The smallest absolute Gasteiger partial charge is 0.270 e. The molecule has 5 nitrogen and oxygen atoms in total. The van der Waals surface area contributed by atoms with Gasteiger partial charge in [-0.2, -0.15) is 0 Å². The number of benzene rings is 2. The highest BCUT2D eigenvalue weighted by atomic mass is 19.1. The van der Waals surface area contributed by atoms with Crippen molar-refractivity contribution in [1.82, 2.24) is 10.3 Å². The summed E-state index contributed by atoms with van der Waals surface area (Å²) < 4.78 is 13.0. The van der Waals surface area contributed by atoms with Gasteiger partial charge in [0.05, 0.1) is 5.52 Å². The van der Waals surface area contributed by atoms with Gasteiger partial charge in [-0.1, -0.05) is 36.4 Å². The number of nitrogens with zero attached hydrogens (tertiary/aromatic N) is 1. The van der Waals surface area contributed by atoms with Gasteiger partial charge in [0, 0.05) is 11.8 Å². The Kier molecular flexibility index (Phi) is 4.70. The van der Waals surface area contributed by atoms with Gasteiger partial charge < -0.3 is 11.1 Å². The lowest BCUT2D eigenvalue weighted by Gasteiger charge is -2.15. The van der Waals surface area contributed by atoms with Crippen LogP contribution >= 0.6 is 0 Å². The topological polar surface area (TPSA) is 85.1 Å². The van der Waals surface area contributed by atoms with E-state index in [1.807, 2.05) is 18.2 Å². The molecule has 0 spiro atoms. The Morgan fingerprint density at radius 3 is 2.48 bits per heavy atom. The van der Waals surface area contributed by atoms with Crippen molar-refractivity contribution < 1.29 is 14.0 Å². The van der Waals surface area contributed by atoms with Crippen LogP contribution in [0.1, 0.15) is 16.1 Å². The number of amides is 2. The zero-order valence-electron chi connectivity index (χ0n) is 13.3. The number of fused-ring (bicyclic) bond motifs is 1. The molecule has 0 unspecified atom stereocenters. The van der Waals surface area contributed by atoms with E-state index in [1.54, 1.807) is 30.3 Å². The van der Waals surface area contributed by atoms with E-state index in [9.17, 15) is 14.0 Å². The number of pyridine rings is 1. The van der Waals surface area contributed by atoms with E-state index in [1.165, 1.54) is 12.1 Å². The van der Waals surface area contributed by atoms with Gasteiger partial charge in [0.1, 0.15) is 17.6 Å². The number of carbonyl (C=O) groups excluding carboxylic acids is 2. The number of nitrogens with one attached hydrogen (secondary N) is 1. The Morgan fingerprint density at radius 2 is 1.76 bits per heavy atom. The molecular weight excluding hydrogens is 321 g/mol. The Hall–Kier alpha value is -3.28. The van der Waals surface area contributed by atoms with Crippen LogP contribution in [0.25, 0.3) is 10.9 Å². The number of hydrogen-bond donors (Lipinski definition) is 2. The molecule has 1 aromatic heterocycles. The second-order valence-electron chi connectivity index (χ2n) is 5.65. The maximum Gasteiger partial charge on any atom is 0.270 e. The number of nitrogens with two attached hydrogens (primary N) is 1. The van der Waals surface area contributed by atoms with Crippen LogP contribution in [0.3, 0.4) is 0 Å². The highest BCUT2D eigenvalue weighted by Gasteiger charge is 2.20. The molecule has 0 aliphatic rings. The van der Waals surface area contributed by atoms with Crippen molar-refractivity contribution in [2.24, 2.45) is 5.73 Å². The van der Waals surface area contributed by atoms with Crippen LogP contribution in [0.2, 0.25) is 0 Å². The standard InChI is InChI=1S/C19H16FN3O2/c20-14-8-5-12(6-9-14)11-17(18(21)24)23-19(25)16-10-7-13-3-1-2-4-15(13)22-16/h1-10,17H,11H2,(H2,21,24)(H,23,25)/t17-/m1/s1. The summed E-state index contributed by atoms with van der Waals surface area (Å²) in [5.74, 6) is -1.53. The molecule has 126 valence electrons. The zero-order chi connectivity index (χ0) is 17.8. The summed E-state index contributed by atoms with van der Waals surface area (Å²) in [6.07, 6.45) is 0.176. The van der Waals surface area contributed by atoms with E-state index >= 15 is 0 Å². The molecule has 25 heavy (non-hydrogen) atoms. The van der Waals surface area contributed by atoms with Crippen molar-refractivity contribution in [1.29, 1.82) is 0 Å². The molecule has 2 amide bonds. The van der Waals surface area contributed by atoms with Gasteiger partial charge in [-0.05, 0) is 29.8 Å². The van der Waals surface area contributed by atoms with Crippen molar-refractivity contribution in [2.45, 2.75) is 12.5 Å². The second kappa shape index (κ2) is 7.09. The zero-order valence-corrected chi connectivity index (χ0v) is 13.3. The van der Waals surface area contributed by atoms with E-state index in [0.29, 0.717) is 11.1 Å². The fraction of sp³-hybridized carbons (Fsp3) is 0.105. The summed E-state index contributed by atoms with van der Waals surface area (Å²) in [7, 11) is 0. The van der Waals surface area contributed by atoms with Crippen LogP contribution in [0.4, 0.5) is 4.39 Å². The lowest BCUT2D eigenvalue weighted by Crippen LogP contribution is -2.46. The van der Waals surface area contributed by atoms with Gasteiger partial charge in [-0.25, -0.2) is 9.37 Å². The van der Waals surface area contributed by atoms with Crippen LogP contribution in [-0.2, 0) is 11.2 Å². The summed E-state index contributed by atoms with van der Waals surface area (Å²) in [5, 5.41) is 3.50. The van der Waals surface area contributed by atoms with E-state index in [2.05, 4.69) is 10.3 Å². The van der Waals surface area contributed by atoms with Crippen molar-refractivity contribution in [3.63, 3.8) is 0 Å². The number of carbonyl (C=O) groups is 2. The van der Waals surface area contributed by atoms with Crippen LogP contribution in [-0.4, -0.2) is 22.8 Å². The van der Waals surface area contributed by atoms with Crippen molar-refractivity contribution in [3.05, 3.63) is 77.7 Å². The molecule has 0 bridgehead atoms. The average Bonchev–Trinajstić information content (AvgIpc) is 2.62. The molecule has 1 atom stereocenters. The highest BCUT2D eigenvalue weighted by molar-refractivity contribution is 5.97. The number of halogens is 1. The third-order valence-corrected chi connectivity index (χ3v) is 3.83. The molecule has 3 N–H and O–H groups in total. The van der Waals surface area contributed by atoms with Gasteiger partial charge in [0.2, 0.25) is 5.91 Å². The molecule has 0 aliphatic carbocycles. The molecule has 0 fully saturated rings. The Bertz CT molecular complexity index is 925. The van der Waals surface area contributed by atoms with Gasteiger partial charge in [-0.3, -0.25) is 9.59 Å². The van der Waals surface area contributed by atoms with Crippen LogP contribution in [0, 0.1) is 5.82 Å². The largest absolute Gasteiger partial charge is 0.368 e. The van der Waals surface area contributed by atoms with E-state index < -0.39 is 17.9 Å². The average molecular weight is 337 g/mol.